The van der Waals surface area contributed by atoms with E-state index in [1.165, 1.54) is 6.07 Å². The van der Waals surface area contributed by atoms with Crippen molar-refractivity contribution in [1.29, 1.82) is 0 Å². The molecule has 0 saturated heterocycles. The van der Waals surface area contributed by atoms with Crippen LogP contribution in [0.4, 0.5) is 4.39 Å². The molecule has 3 aromatic rings. The Hall–Kier alpha value is -1.98. The maximum absolute atomic E-state index is 13.8. The Balaban J connectivity index is 1.79. The first kappa shape index (κ1) is 14.0. The number of aromatic nitrogens is 3. The van der Waals surface area contributed by atoms with Crippen molar-refractivity contribution in [2.75, 3.05) is 7.05 Å². The summed E-state index contributed by atoms with van der Waals surface area (Å²) < 4.78 is 15.8. The van der Waals surface area contributed by atoms with Crippen LogP contribution in [0.2, 0.25) is 5.02 Å². The molecular weight excluding hydrogens is 291 g/mol. The molecule has 0 bridgehead atoms. The first-order valence-corrected chi connectivity index (χ1v) is 6.90. The van der Waals surface area contributed by atoms with Gasteiger partial charge in [0, 0.05) is 36.1 Å². The van der Waals surface area contributed by atoms with Crippen LogP contribution in [-0.2, 0) is 13.1 Å². The molecule has 108 valence electrons. The molecule has 0 aliphatic rings. The second kappa shape index (κ2) is 5.79. The maximum atomic E-state index is 13.8. The SMILES string of the molecule is CN(Cc1c(F)cccc1Cl)Cc1cnc2cnccn12. The van der Waals surface area contributed by atoms with E-state index in [-0.39, 0.29) is 5.82 Å². The highest BCUT2D eigenvalue weighted by atomic mass is 35.5. The summed E-state index contributed by atoms with van der Waals surface area (Å²) in [5.41, 5.74) is 2.32. The van der Waals surface area contributed by atoms with Crippen molar-refractivity contribution in [2.45, 2.75) is 13.1 Å². The van der Waals surface area contributed by atoms with Gasteiger partial charge >= 0.3 is 0 Å². The van der Waals surface area contributed by atoms with Gasteiger partial charge in [-0.15, -0.1) is 0 Å². The number of fused-ring (bicyclic) bond motifs is 1. The summed E-state index contributed by atoms with van der Waals surface area (Å²) in [7, 11) is 1.92. The number of halogens is 2. The smallest absolute Gasteiger partial charge is 0.155 e. The van der Waals surface area contributed by atoms with E-state index in [1.54, 1.807) is 30.7 Å². The third-order valence-electron chi connectivity index (χ3n) is 3.32. The molecule has 0 radical (unpaired) electrons. The quantitative estimate of drug-likeness (QED) is 0.742. The molecule has 0 spiro atoms. The van der Waals surface area contributed by atoms with Crippen LogP contribution in [0.25, 0.3) is 5.65 Å². The monoisotopic (exact) mass is 304 g/mol. The largest absolute Gasteiger partial charge is 0.300 e. The van der Waals surface area contributed by atoms with Gasteiger partial charge in [0.1, 0.15) is 5.82 Å². The van der Waals surface area contributed by atoms with Gasteiger partial charge in [0.25, 0.3) is 0 Å². The van der Waals surface area contributed by atoms with Crippen LogP contribution in [0, 0.1) is 5.82 Å². The van der Waals surface area contributed by atoms with E-state index >= 15 is 0 Å². The highest BCUT2D eigenvalue weighted by Gasteiger charge is 2.11. The molecule has 3 rings (SSSR count). The zero-order valence-electron chi connectivity index (χ0n) is 11.5. The van der Waals surface area contributed by atoms with E-state index in [9.17, 15) is 4.39 Å². The zero-order chi connectivity index (χ0) is 14.8. The summed E-state index contributed by atoms with van der Waals surface area (Å²) in [5, 5.41) is 0.448. The first-order valence-electron chi connectivity index (χ1n) is 6.52. The Morgan fingerprint density at radius 2 is 2.14 bits per heavy atom. The van der Waals surface area contributed by atoms with Gasteiger partial charge in [0.2, 0.25) is 0 Å². The molecule has 4 nitrogen and oxygen atoms in total. The molecule has 0 amide bonds. The molecule has 6 heteroatoms. The number of benzene rings is 1. The van der Waals surface area contributed by atoms with Crippen LogP contribution in [0.5, 0.6) is 0 Å². The van der Waals surface area contributed by atoms with Crippen LogP contribution < -0.4 is 0 Å². The highest BCUT2D eigenvalue weighted by Crippen LogP contribution is 2.21. The second-order valence-corrected chi connectivity index (χ2v) is 5.33. The van der Waals surface area contributed by atoms with Crippen molar-refractivity contribution in [3.8, 4) is 0 Å². The summed E-state index contributed by atoms with van der Waals surface area (Å²) in [5.74, 6) is -0.281. The Bertz CT molecular complexity index is 751. The van der Waals surface area contributed by atoms with E-state index in [4.69, 9.17) is 11.6 Å². The van der Waals surface area contributed by atoms with Crippen molar-refractivity contribution in [1.82, 2.24) is 19.3 Å². The van der Waals surface area contributed by atoms with E-state index in [0.717, 1.165) is 11.3 Å². The van der Waals surface area contributed by atoms with Gasteiger partial charge in [-0.05, 0) is 19.2 Å². The molecule has 1 aromatic carbocycles. The van der Waals surface area contributed by atoms with Crippen molar-refractivity contribution >= 4 is 17.2 Å². The Morgan fingerprint density at radius 1 is 1.29 bits per heavy atom. The molecule has 2 heterocycles. The molecular formula is C15H14ClFN4. The average molecular weight is 305 g/mol. The second-order valence-electron chi connectivity index (χ2n) is 4.93. The molecule has 0 unspecified atom stereocenters. The van der Waals surface area contributed by atoms with Crippen molar-refractivity contribution in [3.05, 3.63) is 65.1 Å². The van der Waals surface area contributed by atoms with Crippen molar-refractivity contribution in [2.24, 2.45) is 0 Å². The van der Waals surface area contributed by atoms with Crippen LogP contribution >= 0.6 is 11.6 Å². The molecule has 21 heavy (non-hydrogen) atoms. The van der Waals surface area contributed by atoms with Crippen molar-refractivity contribution < 1.29 is 4.39 Å². The van der Waals surface area contributed by atoms with Crippen LogP contribution in [-0.4, -0.2) is 26.3 Å². The molecule has 2 aromatic heterocycles. The maximum Gasteiger partial charge on any atom is 0.155 e. The fourth-order valence-corrected chi connectivity index (χ4v) is 2.52. The molecule has 0 atom stereocenters. The topological polar surface area (TPSA) is 33.4 Å². The Morgan fingerprint density at radius 3 is 2.95 bits per heavy atom. The van der Waals surface area contributed by atoms with Gasteiger partial charge in [-0.2, -0.15) is 0 Å². The molecule has 0 fully saturated rings. The standard InChI is InChI=1S/C15H14ClFN4/c1-20(10-12-13(16)3-2-4-14(12)17)9-11-7-19-15-8-18-5-6-21(11)15/h2-8H,9-10H2,1H3. The summed E-state index contributed by atoms with van der Waals surface area (Å²) in [6.45, 7) is 1.07. The minimum absolute atomic E-state index is 0.281. The van der Waals surface area contributed by atoms with E-state index in [1.807, 2.05) is 22.5 Å². The third kappa shape index (κ3) is 2.89. The van der Waals surface area contributed by atoms with E-state index in [2.05, 4.69) is 9.97 Å². The summed E-state index contributed by atoms with van der Waals surface area (Å²) in [6, 6.07) is 4.74. The number of nitrogens with zero attached hydrogens (tertiary/aromatic N) is 4. The molecule has 0 aliphatic carbocycles. The predicted octanol–water partition coefficient (Wildman–Crippen LogP) is 3.15. The zero-order valence-corrected chi connectivity index (χ0v) is 12.3. The van der Waals surface area contributed by atoms with Gasteiger partial charge in [-0.1, -0.05) is 17.7 Å². The summed E-state index contributed by atoms with van der Waals surface area (Å²) in [6.07, 6.45) is 7.08. The van der Waals surface area contributed by atoms with Crippen LogP contribution in [0.1, 0.15) is 11.3 Å². The summed E-state index contributed by atoms with van der Waals surface area (Å²) >= 11 is 6.06. The fraction of sp³-hybridized carbons (Fsp3) is 0.200. The molecule has 0 N–H and O–H groups in total. The van der Waals surface area contributed by atoms with Crippen molar-refractivity contribution in [3.63, 3.8) is 0 Å². The van der Waals surface area contributed by atoms with Crippen LogP contribution in [0.15, 0.2) is 43.0 Å². The van der Waals surface area contributed by atoms with E-state index < -0.39 is 0 Å². The van der Waals surface area contributed by atoms with Gasteiger partial charge in [-0.25, -0.2) is 9.37 Å². The number of rotatable bonds is 4. The number of hydrogen-bond donors (Lipinski definition) is 0. The third-order valence-corrected chi connectivity index (χ3v) is 3.67. The van der Waals surface area contributed by atoms with E-state index in [0.29, 0.717) is 23.7 Å². The molecule has 0 aliphatic heterocycles. The fourth-order valence-electron chi connectivity index (χ4n) is 2.30. The minimum Gasteiger partial charge on any atom is -0.300 e. The molecule has 0 saturated carbocycles. The lowest BCUT2D eigenvalue weighted by atomic mass is 10.2. The summed E-state index contributed by atoms with van der Waals surface area (Å²) in [4.78, 5) is 10.3. The lowest BCUT2D eigenvalue weighted by molar-refractivity contribution is 0.309. The number of imidazole rings is 1. The first-order chi connectivity index (χ1) is 10.1. The van der Waals surface area contributed by atoms with Gasteiger partial charge in [0.05, 0.1) is 18.1 Å². The average Bonchev–Trinajstić information content (AvgIpc) is 2.87. The van der Waals surface area contributed by atoms with Gasteiger partial charge in [-0.3, -0.25) is 14.3 Å². The number of hydrogen-bond acceptors (Lipinski definition) is 3. The lowest BCUT2D eigenvalue weighted by Crippen LogP contribution is -2.19. The van der Waals surface area contributed by atoms with Gasteiger partial charge in [0.15, 0.2) is 5.65 Å². The Labute approximate surface area is 126 Å². The van der Waals surface area contributed by atoms with Gasteiger partial charge < -0.3 is 0 Å². The normalized spacial score (nSPS) is 11.4. The van der Waals surface area contributed by atoms with Crippen LogP contribution in [0.3, 0.4) is 0 Å². The minimum atomic E-state index is -0.281. The highest BCUT2D eigenvalue weighted by molar-refractivity contribution is 6.31. The lowest BCUT2D eigenvalue weighted by Gasteiger charge is -2.17. The Kier molecular flexibility index (Phi) is 3.86. The predicted molar refractivity (Wildman–Crippen MR) is 79.6 cm³/mol.